The number of hydrogen-bond acceptors (Lipinski definition) is 7. The lowest BCUT2D eigenvalue weighted by Gasteiger charge is -2.25. The Labute approximate surface area is 148 Å². The minimum Gasteiger partial charge on any atom is -0.453 e. The Hall–Kier alpha value is -2.97. The van der Waals surface area contributed by atoms with Gasteiger partial charge >= 0.3 is 5.97 Å². The molecule has 0 spiro atoms. The maximum atomic E-state index is 12.3. The van der Waals surface area contributed by atoms with Crippen LogP contribution in [-0.2, 0) is 16.1 Å². The van der Waals surface area contributed by atoms with Crippen molar-refractivity contribution in [3.8, 4) is 0 Å². The van der Waals surface area contributed by atoms with E-state index in [1.165, 1.54) is 18.2 Å². The van der Waals surface area contributed by atoms with Crippen molar-refractivity contribution in [2.24, 2.45) is 0 Å². The predicted octanol–water partition coefficient (Wildman–Crippen LogP) is 1.48. The van der Waals surface area contributed by atoms with Crippen LogP contribution in [0.25, 0.3) is 0 Å². The molecule has 2 aliphatic rings. The highest BCUT2D eigenvalue weighted by Crippen LogP contribution is 2.23. The van der Waals surface area contributed by atoms with Crippen molar-refractivity contribution in [3.63, 3.8) is 0 Å². The molecule has 1 saturated heterocycles. The third-order valence-corrected chi connectivity index (χ3v) is 4.28. The maximum Gasteiger partial charge on any atom is 0.399 e. The summed E-state index contributed by atoms with van der Waals surface area (Å²) in [5.74, 6) is -1.70. The molecule has 3 heterocycles. The molecule has 0 N–H and O–H groups in total. The van der Waals surface area contributed by atoms with E-state index in [2.05, 4.69) is 4.90 Å². The van der Waals surface area contributed by atoms with Crippen LogP contribution in [0.1, 0.15) is 37.0 Å². The molecule has 8 nitrogen and oxygen atoms in total. The van der Waals surface area contributed by atoms with Gasteiger partial charge < -0.3 is 14.0 Å². The molecule has 0 saturated carbocycles. The Balaban J connectivity index is 1.43. The minimum absolute atomic E-state index is 0.0650. The van der Waals surface area contributed by atoms with Crippen LogP contribution in [0, 0.1) is 0 Å². The van der Waals surface area contributed by atoms with Gasteiger partial charge in [-0.05, 0) is 24.3 Å². The number of carbonyl (C=O) groups excluding carboxylic acids is 3. The first-order valence-electron chi connectivity index (χ1n) is 8.22. The summed E-state index contributed by atoms with van der Waals surface area (Å²) >= 11 is 0. The van der Waals surface area contributed by atoms with E-state index in [-0.39, 0.29) is 16.9 Å². The fraction of sp³-hybridized carbons (Fsp3) is 0.278. The summed E-state index contributed by atoms with van der Waals surface area (Å²) in [5.41, 5.74) is 0.413. The smallest absolute Gasteiger partial charge is 0.399 e. The van der Waals surface area contributed by atoms with Gasteiger partial charge in [-0.2, -0.15) is 0 Å². The highest BCUT2D eigenvalue weighted by molar-refractivity contribution is 6.21. The van der Waals surface area contributed by atoms with Crippen LogP contribution in [0.3, 0.4) is 0 Å². The van der Waals surface area contributed by atoms with Crippen LogP contribution in [0.5, 0.6) is 0 Å². The van der Waals surface area contributed by atoms with Crippen molar-refractivity contribution < 1.29 is 28.4 Å². The van der Waals surface area contributed by atoms with Gasteiger partial charge in [-0.15, -0.1) is 0 Å². The normalized spacial score (nSPS) is 17.5. The molecule has 134 valence electrons. The molecule has 0 bridgehead atoms. The van der Waals surface area contributed by atoms with Crippen LogP contribution < -0.4 is 0 Å². The molecular formula is C18H16N2O6. The van der Waals surface area contributed by atoms with Crippen molar-refractivity contribution in [3.05, 3.63) is 59.0 Å². The lowest BCUT2D eigenvalue weighted by Crippen LogP contribution is -2.35. The van der Waals surface area contributed by atoms with E-state index in [1.54, 1.807) is 18.2 Å². The number of hydroxylamine groups is 2. The summed E-state index contributed by atoms with van der Waals surface area (Å²) in [6, 6.07) is 9.44. The van der Waals surface area contributed by atoms with Crippen molar-refractivity contribution in [1.29, 1.82) is 0 Å². The van der Waals surface area contributed by atoms with Gasteiger partial charge in [-0.1, -0.05) is 17.2 Å². The molecule has 1 aromatic heterocycles. The molecule has 2 aromatic rings. The number of carbonyl (C=O) groups is 3. The Kier molecular flexibility index (Phi) is 4.27. The molecule has 2 amide bonds. The van der Waals surface area contributed by atoms with E-state index in [9.17, 15) is 14.4 Å². The molecule has 4 rings (SSSR count). The maximum absolute atomic E-state index is 12.3. The van der Waals surface area contributed by atoms with Crippen molar-refractivity contribution in [2.45, 2.75) is 6.54 Å². The summed E-state index contributed by atoms with van der Waals surface area (Å²) in [5, 5.41) is 0.469. The average Bonchev–Trinajstić information content (AvgIpc) is 3.22. The number of benzene rings is 1. The van der Waals surface area contributed by atoms with Gasteiger partial charge in [-0.3, -0.25) is 14.5 Å². The zero-order valence-electron chi connectivity index (χ0n) is 13.8. The van der Waals surface area contributed by atoms with Crippen LogP contribution in [0.15, 0.2) is 40.8 Å². The quantitative estimate of drug-likeness (QED) is 0.767. The van der Waals surface area contributed by atoms with E-state index >= 15 is 0 Å². The number of furan rings is 1. The fourth-order valence-electron chi connectivity index (χ4n) is 2.93. The summed E-state index contributed by atoms with van der Waals surface area (Å²) in [6.45, 7) is 3.44. The van der Waals surface area contributed by atoms with Crippen LogP contribution in [0.2, 0.25) is 0 Å². The summed E-state index contributed by atoms with van der Waals surface area (Å²) < 4.78 is 10.8. The second-order valence-corrected chi connectivity index (χ2v) is 5.98. The predicted molar refractivity (Wildman–Crippen MR) is 87.2 cm³/mol. The average molecular weight is 356 g/mol. The first kappa shape index (κ1) is 16.5. The number of nitrogens with zero attached hydrogens (tertiary/aromatic N) is 2. The molecule has 1 aromatic carbocycles. The van der Waals surface area contributed by atoms with Crippen LogP contribution in [-0.4, -0.2) is 54.1 Å². The number of ether oxygens (including phenoxy) is 1. The van der Waals surface area contributed by atoms with E-state index < -0.39 is 17.8 Å². The lowest BCUT2D eigenvalue weighted by atomic mass is 10.1. The zero-order chi connectivity index (χ0) is 18.1. The molecule has 1 fully saturated rings. The van der Waals surface area contributed by atoms with E-state index in [0.717, 1.165) is 13.1 Å². The summed E-state index contributed by atoms with van der Waals surface area (Å²) in [7, 11) is 0. The third-order valence-electron chi connectivity index (χ3n) is 4.28. The second kappa shape index (κ2) is 6.74. The Bertz CT molecular complexity index is 833. The molecule has 8 heteroatoms. The minimum atomic E-state index is -0.896. The fourth-order valence-corrected chi connectivity index (χ4v) is 2.93. The van der Waals surface area contributed by atoms with E-state index in [4.69, 9.17) is 14.0 Å². The Morgan fingerprint density at radius 1 is 1.00 bits per heavy atom. The highest BCUT2D eigenvalue weighted by Gasteiger charge is 2.39. The van der Waals surface area contributed by atoms with Gasteiger partial charge in [0.05, 0.1) is 30.9 Å². The standard InChI is InChI=1S/C18H16N2O6/c21-16-13-3-1-2-4-14(13)17(22)20(16)26-18(23)15-6-5-12(25-15)11-19-7-9-24-10-8-19/h1-6H,7-11H2. The van der Waals surface area contributed by atoms with Crippen molar-refractivity contribution >= 4 is 17.8 Å². The number of hydrogen-bond donors (Lipinski definition) is 0. The second-order valence-electron chi connectivity index (χ2n) is 5.98. The van der Waals surface area contributed by atoms with Gasteiger partial charge in [-0.25, -0.2) is 4.79 Å². The highest BCUT2D eigenvalue weighted by atomic mass is 16.7. The number of amides is 2. The molecular weight excluding hydrogens is 340 g/mol. The number of imide groups is 1. The monoisotopic (exact) mass is 356 g/mol. The Morgan fingerprint density at radius 3 is 2.31 bits per heavy atom. The van der Waals surface area contributed by atoms with E-state index in [1.807, 2.05) is 0 Å². The van der Waals surface area contributed by atoms with Crippen molar-refractivity contribution in [2.75, 3.05) is 26.3 Å². The van der Waals surface area contributed by atoms with Gasteiger partial charge in [0.15, 0.2) is 0 Å². The van der Waals surface area contributed by atoms with Gasteiger partial charge in [0, 0.05) is 13.1 Å². The van der Waals surface area contributed by atoms with E-state index in [0.29, 0.717) is 30.6 Å². The SMILES string of the molecule is O=C(ON1C(=O)c2ccccc2C1=O)c1ccc(CN2CCOCC2)o1. The molecule has 0 unspecified atom stereocenters. The topological polar surface area (TPSA) is 89.3 Å². The van der Waals surface area contributed by atoms with Crippen LogP contribution >= 0.6 is 0 Å². The number of rotatable bonds is 4. The number of morpholine rings is 1. The van der Waals surface area contributed by atoms with Gasteiger partial charge in [0.2, 0.25) is 5.76 Å². The van der Waals surface area contributed by atoms with Crippen LogP contribution in [0.4, 0.5) is 0 Å². The third kappa shape index (κ3) is 3.00. The Morgan fingerprint density at radius 2 is 1.65 bits per heavy atom. The van der Waals surface area contributed by atoms with Gasteiger partial charge in [0.25, 0.3) is 11.8 Å². The van der Waals surface area contributed by atoms with Gasteiger partial charge in [0.1, 0.15) is 5.76 Å². The summed E-state index contributed by atoms with van der Waals surface area (Å²) in [6.07, 6.45) is 0. The van der Waals surface area contributed by atoms with Crippen molar-refractivity contribution in [1.82, 2.24) is 9.96 Å². The molecule has 0 radical (unpaired) electrons. The first-order valence-corrected chi connectivity index (χ1v) is 8.22. The largest absolute Gasteiger partial charge is 0.453 e. The molecule has 0 aliphatic carbocycles. The molecule has 0 atom stereocenters. The zero-order valence-corrected chi connectivity index (χ0v) is 13.8. The lowest BCUT2D eigenvalue weighted by molar-refractivity contribution is -0.0604. The molecule has 2 aliphatic heterocycles. The summed E-state index contributed by atoms with van der Waals surface area (Å²) in [4.78, 5) is 43.8. The molecule has 26 heavy (non-hydrogen) atoms. The first-order chi connectivity index (χ1) is 12.6. The number of fused-ring (bicyclic) bond motifs is 1.